The normalized spacial score (nSPS) is 14.7. The van der Waals surface area contributed by atoms with E-state index in [9.17, 15) is 9.59 Å². The maximum atomic E-state index is 12.9. The molecular formula is C20H21Cl2N3O2. The van der Waals surface area contributed by atoms with Crippen LogP contribution in [0, 0.1) is 0 Å². The van der Waals surface area contributed by atoms with Gasteiger partial charge in [0, 0.05) is 19.5 Å². The van der Waals surface area contributed by atoms with E-state index in [1.165, 1.54) is 0 Å². The zero-order chi connectivity index (χ0) is 19.2. The predicted molar refractivity (Wildman–Crippen MR) is 108 cm³/mol. The molecule has 0 bridgehead atoms. The molecule has 2 aromatic carbocycles. The number of anilines is 1. The Morgan fingerprint density at radius 2 is 1.70 bits per heavy atom. The lowest BCUT2D eigenvalue weighted by Crippen LogP contribution is -2.50. The minimum atomic E-state index is -0.650. The van der Waals surface area contributed by atoms with Gasteiger partial charge in [-0.25, -0.2) is 4.79 Å². The molecule has 1 fully saturated rings. The van der Waals surface area contributed by atoms with E-state index < -0.39 is 12.1 Å². The summed E-state index contributed by atoms with van der Waals surface area (Å²) in [5.74, 6) is -0.0660. The topological polar surface area (TPSA) is 61.4 Å². The smallest absolute Gasteiger partial charge is 0.319 e. The van der Waals surface area contributed by atoms with E-state index in [-0.39, 0.29) is 10.9 Å². The molecule has 2 aromatic rings. The first-order chi connectivity index (χ1) is 13.0. The van der Waals surface area contributed by atoms with Gasteiger partial charge >= 0.3 is 6.03 Å². The maximum Gasteiger partial charge on any atom is 0.319 e. The monoisotopic (exact) mass is 405 g/mol. The molecule has 0 saturated carbocycles. The second kappa shape index (κ2) is 9.11. The van der Waals surface area contributed by atoms with Crippen LogP contribution in [0.1, 0.15) is 18.4 Å². The number of benzene rings is 2. The number of carbonyl (C=O) groups excluding carboxylic acids is 2. The fraction of sp³-hybridized carbons (Fsp3) is 0.300. The van der Waals surface area contributed by atoms with Crippen molar-refractivity contribution in [2.24, 2.45) is 0 Å². The van der Waals surface area contributed by atoms with Gasteiger partial charge in [0.1, 0.15) is 6.04 Å². The second-order valence-corrected chi connectivity index (χ2v) is 7.26. The van der Waals surface area contributed by atoms with Gasteiger partial charge in [-0.05, 0) is 30.5 Å². The third-order valence-corrected chi connectivity index (χ3v) is 5.32. The first kappa shape index (κ1) is 19.5. The van der Waals surface area contributed by atoms with Crippen LogP contribution < -0.4 is 10.6 Å². The molecule has 1 atom stereocenters. The third-order valence-electron chi connectivity index (χ3n) is 4.50. The van der Waals surface area contributed by atoms with Gasteiger partial charge in [0.2, 0.25) is 5.91 Å². The van der Waals surface area contributed by atoms with Gasteiger partial charge in [-0.15, -0.1) is 0 Å². The van der Waals surface area contributed by atoms with Gasteiger partial charge < -0.3 is 15.5 Å². The Morgan fingerprint density at radius 1 is 1.00 bits per heavy atom. The second-order valence-electron chi connectivity index (χ2n) is 6.47. The largest absolute Gasteiger partial charge is 0.341 e. The number of hydrogen-bond acceptors (Lipinski definition) is 2. The van der Waals surface area contributed by atoms with E-state index in [2.05, 4.69) is 10.6 Å². The summed E-state index contributed by atoms with van der Waals surface area (Å²) < 4.78 is 0. The molecule has 1 aliphatic rings. The first-order valence-corrected chi connectivity index (χ1v) is 9.64. The highest BCUT2D eigenvalue weighted by Gasteiger charge is 2.28. The van der Waals surface area contributed by atoms with Crippen LogP contribution in [0.2, 0.25) is 10.0 Å². The lowest BCUT2D eigenvalue weighted by atomic mass is 10.0. The molecule has 27 heavy (non-hydrogen) atoms. The SMILES string of the molecule is O=C(Nc1cccc(Cl)c1Cl)NC(Cc1ccccc1)C(=O)N1CCCC1. The predicted octanol–water partition coefficient (Wildman–Crippen LogP) is 4.35. The molecule has 0 aromatic heterocycles. The van der Waals surface area contributed by atoms with Crippen LogP contribution in [0.25, 0.3) is 0 Å². The lowest BCUT2D eigenvalue weighted by molar-refractivity contribution is -0.132. The fourth-order valence-electron chi connectivity index (χ4n) is 3.12. The molecule has 1 aliphatic heterocycles. The molecule has 1 saturated heterocycles. The number of carbonyl (C=O) groups is 2. The highest BCUT2D eigenvalue weighted by molar-refractivity contribution is 6.43. The summed E-state index contributed by atoms with van der Waals surface area (Å²) in [7, 11) is 0. The molecular weight excluding hydrogens is 385 g/mol. The zero-order valence-corrected chi connectivity index (χ0v) is 16.3. The van der Waals surface area contributed by atoms with Crippen LogP contribution in [0.4, 0.5) is 10.5 Å². The first-order valence-electron chi connectivity index (χ1n) is 8.89. The van der Waals surface area contributed by atoms with Gasteiger partial charge in [0.05, 0.1) is 15.7 Å². The number of urea groups is 1. The van der Waals surface area contributed by atoms with E-state index in [1.807, 2.05) is 30.3 Å². The molecule has 2 N–H and O–H groups in total. The van der Waals surface area contributed by atoms with E-state index in [0.29, 0.717) is 17.1 Å². The molecule has 0 radical (unpaired) electrons. The van der Waals surface area contributed by atoms with Gasteiger partial charge in [0.25, 0.3) is 0 Å². The summed E-state index contributed by atoms with van der Waals surface area (Å²) in [4.78, 5) is 27.2. The summed E-state index contributed by atoms with van der Waals surface area (Å²) in [5.41, 5.74) is 1.38. The van der Waals surface area contributed by atoms with Crippen molar-refractivity contribution in [1.82, 2.24) is 10.2 Å². The number of amides is 3. The minimum Gasteiger partial charge on any atom is -0.341 e. The molecule has 7 heteroatoms. The van der Waals surface area contributed by atoms with Crippen molar-refractivity contribution in [2.75, 3.05) is 18.4 Å². The molecule has 5 nitrogen and oxygen atoms in total. The average Bonchev–Trinajstić information content (AvgIpc) is 3.20. The Morgan fingerprint density at radius 3 is 2.41 bits per heavy atom. The standard InChI is InChI=1S/C20H21Cl2N3O2/c21-15-9-6-10-16(18(15)22)23-20(27)24-17(13-14-7-2-1-3-8-14)19(26)25-11-4-5-12-25/h1-3,6-10,17H,4-5,11-13H2,(H2,23,24,27). The summed E-state index contributed by atoms with van der Waals surface area (Å²) in [6.45, 7) is 1.46. The molecule has 1 unspecified atom stereocenters. The number of halogens is 2. The maximum absolute atomic E-state index is 12.9. The highest BCUT2D eigenvalue weighted by atomic mass is 35.5. The van der Waals surface area contributed by atoms with E-state index in [1.54, 1.807) is 23.1 Å². The van der Waals surface area contributed by atoms with E-state index >= 15 is 0 Å². The Labute approximate surface area is 168 Å². The van der Waals surface area contributed by atoms with Crippen LogP contribution in [-0.4, -0.2) is 36.0 Å². The summed E-state index contributed by atoms with van der Waals surface area (Å²) in [6, 6.07) is 13.5. The molecule has 0 aliphatic carbocycles. The van der Waals surface area contributed by atoms with Gasteiger partial charge in [0.15, 0.2) is 0 Å². The average molecular weight is 406 g/mol. The fourth-order valence-corrected chi connectivity index (χ4v) is 3.47. The quantitative estimate of drug-likeness (QED) is 0.776. The Hall–Kier alpha value is -2.24. The van der Waals surface area contributed by atoms with Crippen molar-refractivity contribution in [1.29, 1.82) is 0 Å². The van der Waals surface area contributed by atoms with Crippen LogP contribution >= 0.6 is 23.2 Å². The van der Waals surface area contributed by atoms with E-state index in [0.717, 1.165) is 31.5 Å². The van der Waals surface area contributed by atoms with Crippen molar-refractivity contribution >= 4 is 40.8 Å². The van der Waals surface area contributed by atoms with Gasteiger partial charge in [-0.1, -0.05) is 59.6 Å². The van der Waals surface area contributed by atoms with Crippen LogP contribution in [-0.2, 0) is 11.2 Å². The van der Waals surface area contributed by atoms with Crippen molar-refractivity contribution in [3.63, 3.8) is 0 Å². The van der Waals surface area contributed by atoms with Crippen LogP contribution in [0.5, 0.6) is 0 Å². The van der Waals surface area contributed by atoms with Crippen molar-refractivity contribution in [2.45, 2.75) is 25.3 Å². The van der Waals surface area contributed by atoms with Gasteiger partial charge in [-0.2, -0.15) is 0 Å². The van der Waals surface area contributed by atoms with Crippen LogP contribution in [0.3, 0.4) is 0 Å². The summed E-state index contributed by atoms with van der Waals surface area (Å²) in [6.07, 6.45) is 2.41. The van der Waals surface area contributed by atoms with E-state index in [4.69, 9.17) is 23.2 Å². The Balaban J connectivity index is 1.72. The van der Waals surface area contributed by atoms with Gasteiger partial charge in [-0.3, -0.25) is 4.79 Å². The van der Waals surface area contributed by atoms with Crippen molar-refractivity contribution < 1.29 is 9.59 Å². The molecule has 1 heterocycles. The minimum absolute atomic E-state index is 0.0660. The highest BCUT2D eigenvalue weighted by Crippen LogP contribution is 2.29. The summed E-state index contributed by atoms with van der Waals surface area (Å²) >= 11 is 12.1. The van der Waals surface area contributed by atoms with Crippen molar-refractivity contribution in [3.8, 4) is 0 Å². The molecule has 3 rings (SSSR count). The number of likely N-dealkylation sites (tertiary alicyclic amines) is 1. The lowest BCUT2D eigenvalue weighted by Gasteiger charge is -2.24. The molecule has 0 spiro atoms. The number of hydrogen-bond donors (Lipinski definition) is 2. The number of nitrogens with zero attached hydrogens (tertiary/aromatic N) is 1. The zero-order valence-electron chi connectivity index (χ0n) is 14.8. The van der Waals surface area contributed by atoms with Crippen molar-refractivity contribution in [3.05, 3.63) is 64.1 Å². The number of nitrogens with one attached hydrogen (secondary N) is 2. The molecule has 3 amide bonds. The summed E-state index contributed by atoms with van der Waals surface area (Å²) in [5, 5.41) is 6.08. The Bertz CT molecular complexity index is 808. The van der Waals surface area contributed by atoms with Crippen LogP contribution in [0.15, 0.2) is 48.5 Å². The Kier molecular flexibility index (Phi) is 6.58. The number of rotatable bonds is 5. The molecule has 142 valence electrons. The third kappa shape index (κ3) is 5.15.